The Bertz CT molecular complexity index is 443. The van der Waals surface area contributed by atoms with E-state index in [2.05, 4.69) is 13.8 Å². The Labute approximate surface area is 224 Å². The normalized spacial score (nSPS) is 11.6. The molecule has 0 rings (SSSR count). The van der Waals surface area contributed by atoms with Gasteiger partial charge in [0.2, 0.25) is 0 Å². The second-order valence-corrected chi connectivity index (χ2v) is 10.4. The van der Waals surface area contributed by atoms with E-state index >= 15 is 0 Å². The topological polar surface area (TPSA) is 52.6 Å². The molecule has 0 N–H and O–H groups in total. The van der Waals surface area contributed by atoms with Crippen molar-refractivity contribution < 1.29 is 16.8 Å². The molecule has 0 aliphatic heterocycles. The summed E-state index contributed by atoms with van der Waals surface area (Å²) in [6.45, 7) is 4.95. The predicted octanol–water partition coefficient (Wildman–Crippen LogP) is 8.51. The van der Waals surface area contributed by atoms with Gasteiger partial charge in [0.1, 0.15) is 0 Å². The molecule has 0 bridgehead atoms. The van der Waals surface area contributed by atoms with Crippen LogP contribution in [0.5, 0.6) is 0 Å². The van der Waals surface area contributed by atoms with E-state index in [1.807, 2.05) is 0 Å². The maximum absolute atomic E-state index is 11.7. The van der Waals surface area contributed by atoms with Crippen LogP contribution in [-0.4, -0.2) is 51.2 Å². The molecule has 0 saturated carbocycles. The smallest absolute Gasteiger partial charge is 0.248 e. The van der Waals surface area contributed by atoms with Gasteiger partial charge in [-0.15, -0.1) is 0 Å². The minimum Gasteiger partial charge on any atom is -0.248 e. The van der Waals surface area contributed by atoms with Crippen molar-refractivity contribution >= 4 is 40.0 Å². The minimum atomic E-state index is -3.80. The maximum atomic E-state index is 11.7. The van der Waals surface area contributed by atoms with Gasteiger partial charge in [-0.25, -0.2) is 8.37 Å². The molecule has 0 heterocycles. The number of rotatable bonds is 26. The Hall–Kier alpha value is 0.870. The molecular formula is C26H54NaO4S. The quantitative estimate of drug-likeness (QED) is 0.0910. The molecule has 32 heavy (non-hydrogen) atoms. The van der Waals surface area contributed by atoms with Gasteiger partial charge in [-0.2, -0.15) is 8.42 Å². The second-order valence-electron chi connectivity index (χ2n) is 9.12. The predicted molar refractivity (Wildman–Crippen MR) is 139 cm³/mol. The zero-order valence-corrected chi connectivity index (χ0v) is 24.8. The molecule has 6 heteroatoms. The van der Waals surface area contributed by atoms with Gasteiger partial charge in [0, 0.05) is 29.6 Å². The van der Waals surface area contributed by atoms with Gasteiger partial charge in [0.15, 0.2) is 0 Å². The summed E-state index contributed by atoms with van der Waals surface area (Å²) in [7, 11) is -3.80. The summed E-state index contributed by atoms with van der Waals surface area (Å²) in [6.07, 6.45) is 27.5. The Morgan fingerprint density at radius 3 is 0.875 bits per heavy atom. The zero-order chi connectivity index (χ0) is 22.9. The van der Waals surface area contributed by atoms with Crippen molar-refractivity contribution in [3.8, 4) is 0 Å². The van der Waals surface area contributed by atoms with Crippen LogP contribution in [0.15, 0.2) is 0 Å². The van der Waals surface area contributed by atoms with E-state index in [1.165, 1.54) is 109 Å². The summed E-state index contributed by atoms with van der Waals surface area (Å²) in [6, 6.07) is 0. The van der Waals surface area contributed by atoms with Crippen LogP contribution in [0.25, 0.3) is 0 Å². The molecule has 0 saturated heterocycles. The van der Waals surface area contributed by atoms with Gasteiger partial charge in [-0.3, -0.25) is 0 Å². The molecule has 0 aliphatic rings. The van der Waals surface area contributed by atoms with Crippen LogP contribution in [0.1, 0.15) is 155 Å². The monoisotopic (exact) mass is 485 g/mol. The van der Waals surface area contributed by atoms with Crippen LogP contribution in [-0.2, 0) is 18.8 Å². The first-order chi connectivity index (χ1) is 15.1. The van der Waals surface area contributed by atoms with Gasteiger partial charge in [0.05, 0.1) is 13.2 Å². The first-order valence-corrected chi connectivity index (χ1v) is 15.0. The van der Waals surface area contributed by atoms with Crippen LogP contribution in [0.4, 0.5) is 0 Å². The molecule has 0 spiro atoms. The average molecular weight is 486 g/mol. The fraction of sp³-hybridized carbons (Fsp3) is 1.00. The van der Waals surface area contributed by atoms with E-state index in [-0.39, 0.29) is 42.8 Å². The van der Waals surface area contributed by atoms with Gasteiger partial charge in [-0.05, 0) is 12.8 Å². The van der Waals surface area contributed by atoms with E-state index in [9.17, 15) is 8.42 Å². The molecule has 0 aromatic rings. The largest absolute Gasteiger partial charge is 0.399 e. The molecule has 0 aromatic carbocycles. The third kappa shape index (κ3) is 28.9. The van der Waals surface area contributed by atoms with E-state index in [0.717, 1.165) is 32.1 Å². The van der Waals surface area contributed by atoms with Gasteiger partial charge < -0.3 is 0 Å². The van der Waals surface area contributed by atoms with Gasteiger partial charge in [0.25, 0.3) is 0 Å². The fourth-order valence-electron chi connectivity index (χ4n) is 3.89. The third-order valence-corrected chi connectivity index (χ3v) is 6.86. The van der Waals surface area contributed by atoms with Crippen molar-refractivity contribution in [2.75, 3.05) is 13.2 Å². The number of hydrogen-bond acceptors (Lipinski definition) is 4. The summed E-state index contributed by atoms with van der Waals surface area (Å²) in [5, 5.41) is 0. The molecule has 0 aromatic heterocycles. The Morgan fingerprint density at radius 2 is 0.625 bits per heavy atom. The first kappa shape index (κ1) is 35.0. The molecule has 0 amide bonds. The first-order valence-electron chi connectivity index (χ1n) is 13.7. The van der Waals surface area contributed by atoms with E-state index in [1.54, 1.807) is 0 Å². The molecule has 0 unspecified atom stereocenters. The molecule has 1 radical (unpaired) electrons. The Morgan fingerprint density at radius 1 is 0.406 bits per heavy atom. The average Bonchev–Trinajstić information content (AvgIpc) is 2.75. The Kier molecular flexibility index (Phi) is 30.8. The standard InChI is InChI=1S/C26H54O4S.Na/c1-3-5-7-9-11-12-13-14-15-16-17-18-19-20-22-24-26-30-31(27,28)29-25-23-21-10-8-6-4-2;/h3-26H2,1-2H3;. The van der Waals surface area contributed by atoms with Gasteiger partial charge >= 0.3 is 10.4 Å². The summed E-state index contributed by atoms with van der Waals surface area (Å²) >= 11 is 0. The minimum absolute atomic E-state index is 0. The Balaban J connectivity index is 0. The summed E-state index contributed by atoms with van der Waals surface area (Å²) in [5.41, 5.74) is 0. The van der Waals surface area contributed by atoms with Crippen LogP contribution in [0.3, 0.4) is 0 Å². The van der Waals surface area contributed by atoms with Crippen LogP contribution < -0.4 is 0 Å². The molecule has 0 atom stereocenters. The van der Waals surface area contributed by atoms with Crippen LogP contribution in [0.2, 0.25) is 0 Å². The summed E-state index contributed by atoms with van der Waals surface area (Å²) < 4.78 is 33.2. The van der Waals surface area contributed by atoms with E-state index < -0.39 is 10.4 Å². The van der Waals surface area contributed by atoms with Crippen molar-refractivity contribution in [2.45, 2.75) is 155 Å². The van der Waals surface area contributed by atoms with Crippen molar-refractivity contribution in [1.29, 1.82) is 0 Å². The maximum Gasteiger partial charge on any atom is 0.399 e. The molecule has 189 valence electrons. The fourth-order valence-corrected chi connectivity index (χ4v) is 4.60. The molecule has 4 nitrogen and oxygen atoms in total. The van der Waals surface area contributed by atoms with Crippen LogP contribution in [0, 0.1) is 0 Å². The zero-order valence-electron chi connectivity index (χ0n) is 22.0. The molecular weight excluding hydrogens is 431 g/mol. The number of hydrogen-bond donors (Lipinski definition) is 0. The van der Waals surface area contributed by atoms with Crippen molar-refractivity contribution in [3.05, 3.63) is 0 Å². The summed E-state index contributed by atoms with van der Waals surface area (Å²) in [4.78, 5) is 0. The van der Waals surface area contributed by atoms with E-state index in [0.29, 0.717) is 0 Å². The van der Waals surface area contributed by atoms with Crippen molar-refractivity contribution in [2.24, 2.45) is 0 Å². The van der Waals surface area contributed by atoms with Crippen molar-refractivity contribution in [1.82, 2.24) is 0 Å². The number of unbranched alkanes of at least 4 members (excludes halogenated alkanes) is 20. The SMILES string of the molecule is CCCCCCCCCCCCCCCCCCOS(=O)(=O)OCCCCCCCC.[Na]. The second kappa shape index (κ2) is 28.1. The van der Waals surface area contributed by atoms with Crippen molar-refractivity contribution in [3.63, 3.8) is 0 Å². The molecule has 0 fully saturated rings. The van der Waals surface area contributed by atoms with Gasteiger partial charge in [-0.1, -0.05) is 142 Å². The third-order valence-electron chi connectivity index (χ3n) is 5.95. The molecule has 0 aliphatic carbocycles. The van der Waals surface area contributed by atoms with Crippen LogP contribution >= 0.6 is 0 Å². The van der Waals surface area contributed by atoms with E-state index in [4.69, 9.17) is 8.37 Å². The summed E-state index contributed by atoms with van der Waals surface area (Å²) in [5.74, 6) is 0.